The van der Waals surface area contributed by atoms with Crippen LogP contribution < -0.4 is 4.74 Å². The van der Waals surface area contributed by atoms with Gasteiger partial charge in [0.25, 0.3) is 0 Å². The molecule has 2 aliphatic rings. The molecule has 1 unspecified atom stereocenters. The van der Waals surface area contributed by atoms with Crippen molar-refractivity contribution in [1.82, 2.24) is 0 Å². The fourth-order valence-corrected chi connectivity index (χ4v) is 5.27. The number of aromatic hydroxyl groups is 2. The van der Waals surface area contributed by atoms with Crippen molar-refractivity contribution in [2.24, 2.45) is 0 Å². The molecule has 0 saturated carbocycles. The van der Waals surface area contributed by atoms with Crippen LogP contribution in [0.3, 0.4) is 0 Å². The number of allylic oxidation sites excluding steroid dienone is 1. The molecule has 7 nitrogen and oxygen atoms in total. The summed E-state index contributed by atoms with van der Waals surface area (Å²) < 4.78 is 11.6. The lowest BCUT2D eigenvalue weighted by Crippen LogP contribution is -2.42. The molecule has 3 atom stereocenters. The van der Waals surface area contributed by atoms with Crippen LogP contribution in [-0.2, 0) is 9.53 Å². The SMILES string of the molecule is O=C1CCC[C@@H]2CC(C[C@@](O)(/C=C\c3ccccc3)O2)c2c(cc(O)c(C(=O)/C=C/c3ccccc3)c2O)O1. The zero-order valence-electron chi connectivity index (χ0n) is 21.3. The number of carbonyl (C=O) groups excluding carboxylic acids is 2. The molecule has 0 radical (unpaired) electrons. The van der Waals surface area contributed by atoms with Crippen molar-refractivity contribution in [3.8, 4) is 17.2 Å². The Balaban J connectivity index is 1.54. The number of phenols is 2. The number of rotatable bonds is 5. The number of phenolic OH excluding ortho intramolecular Hbond substituents is 2. The van der Waals surface area contributed by atoms with E-state index in [1.165, 1.54) is 12.1 Å². The largest absolute Gasteiger partial charge is 0.507 e. The number of fused-ring (bicyclic) bond motifs is 4. The average molecular weight is 527 g/mol. The number of hydrogen-bond donors (Lipinski definition) is 3. The summed E-state index contributed by atoms with van der Waals surface area (Å²) in [5.41, 5.74) is 1.56. The third-order valence-corrected chi connectivity index (χ3v) is 7.09. The molecule has 3 aromatic rings. The maximum atomic E-state index is 13.1. The fourth-order valence-electron chi connectivity index (χ4n) is 5.27. The summed E-state index contributed by atoms with van der Waals surface area (Å²) in [6.07, 6.45) is 7.38. The Bertz CT molecular complexity index is 1410. The van der Waals surface area contributed by atoms with E-state index in [4.69, 9.17) is 9.47 Å². The summed E-state index contributed by atoms with van der Waals surface area (Å²) in [6, 6.07) is 19.9. The quantitative estimate of drug-likeness (QED) is 0.168. The maximum Gasteiger partial charge on any atom is 0.311 e. The number of hydrogen-bond acceptors (Lipinski definition) is 7. The summed E-state index contributed by atoms with van der Waals surface area (Å²) in [6.45, 7) is 0. The molecule has 7 heteroatoms. The van der Waals surface area contributed by atoms with E-state index in [2.05, 4.69) is 0 Å². The predicted octanol–water partition coefficient (Wildman–Crippen LogP) is 5.75. The molecule has 39 heavy (non-hydrogen) atoms. The molecule has 200 valence electrons. The molecule has 5 rings (SSSR count). The van der Waals surface area contributed by atoms with Gasteiger partial charge in [0, 0.05) is 24.5 Å². The Morgan fingerprint density at radius 3 is 2.33 bits per heavy atom. The Hall–Kier alpha value is -4.20. The first kappa shape index (κ1) is 26.4. The first-order chi connectivity index (χ1) is 18.8. The van der Waals surface area contributed by atoms with Crippen LogP contribution in [0.4, 0.5) is 0 Å². The van der Waals surface area contributed by atoms with Gasteiger partial charge in [-0.05, 0) is 48.5 Å². The van der Waals surface area contributed by atoms with Crippen LogP contribution in [0.5, 0.6) is 17.2 Å². The van der Waals surface area contributed by atoms with Crippen LogP contribution in [0.2, 0.25) is 0 Å². The fraction of sp³-hybridized carbons (Fsp3) is 0.250. The van der Waals surface area contributed by atoms with E-state index >= 15 is 0 Å². The lowest BCUT2D eigenvalue weighted by molar-refractivity contribution is -0.227. The van der Waals surface area contributed by atoms with Crippen molar-refractivity contribution in [3.63, 3.8) is 0 Å². The van der Waals surface area contributed by atoms with Crippen molar-refractivity contribution in [2.75, 3.05) is 0 Å². The molecule has 0 spiro atoms. The first-order valence-electron chi connectivity index (χ1n) is 13.0. The van der Waals surface area contributed by atoms with Gasteiger partial charge in [0.1, 0.15) is 22.8 Å². The lowest BCUT2D eigenvalue weighted by atomic mass is 9.80. The molecule has 2 aliphatic heterocycles. The lowest BCUT2D eigenvalue weighted by Gasteiger charge is -2.41. The highest BCUT2D eigenvalue weighted by atomic mass is 16.6. The van der Waals surface area contributed by atoms with E-state index in [0.29, 0.717) is 19.3 Å². The number of benzene rings is 3. The van der Waals surface area contributed by atoms with Crippen molar-refractivity contribution in [2.45, 2.75) is 49.9 Å². The predicted molar refractivity (Wildman–Crippen MR) is 146 cm³/mol. The number of ether oxygens (including phenoxy) is 2. The molecule has 3 aromatic carbocycles. The number of aliphatic hydroxyl groups is 1. The average Bonchev–Trinajstić information content (AvgIpc) is 2.91. The van der Waals surface area contributed by atoms with Crippen molar-refractivity contribution in [3.05, 3.63) is 101 Å². The van der Waals surface area contributed by atoms with Gasteiger partial charge in [-0.25, -0.2) is 0 Å². The molecule has 1 saturated heterocycles. The molecule has 2 heterocycles. The maximum absolute atomic E-state index is 13.1. The third kappa shape index (κ3) is 6.11. The highest BCUT2D eigenvalue weighted by Crippen LogP contribution is 2.50. The molecule has 0 aliphatic carbocycles. The van der Waals surface area contributed by atoms with Crippen LogP contribution in [0, 0.1) is 0 Å². The van der Waals surface area contributed by atoms with Gasteiger partial charge < -0.3 is 24.8 Å². The van der Waals surface area contributed by atoms with Crippen LogP contribution in [0.15, 0.2) is 78.9 Å². The Kier molecular flexibility index (Phi) is 7.63. The van der Waals surface area contributed by atoms with E-state index in [-0.39, 0.29) is 29.7 Å². The minimum atomic E-state index is -1.66. The molecule has 3 N–H and O–H groups in total. The standard InChI is InChI=1S/C32H30O7/c33-25(15-14-21-8-3-1-4-9-21)30-26(34)19-27-29(31(30)36)23-18-24(12-7-13-28(35)38-27)39-32(37,20-23)17-16-22-10-5-2-6-11-22/h1-6,8-11,14-17,19,23-24,34,36-37H,7,12-13,18,20H2/b15-14+,17-16-/t23?,24-,32-/m1/s1. The summed E-state index contributed by atoms with van der Waals surface area (Å²) in [7, 11) is 0. The molecule has 1 fully saturated rings. The van der Waals surface area contributed by atoms with Gasteiger partial charge in [-0.15, -0.1) is 0 Å². The second-order valence-corrected chi connectivity index (χ2v) is 9.97. The highest BCUT2D eigenvalue weighted by Gasteiger charge is 2.42. The van der Waals surface area contributed by atoms with Gasteiger partial charge in [0.05, 0.1) is 6.10 Å². The molecular formula is C32H30O7. The second kappa shape index (κ2) is 11.3. The number of esters is 1. The Labute approximate surface area is 226 Å². The van der Waals surface area contributed by atoms with Crippen molar-refractivity contribution < 1.29 is 34.4 Å². The Morgan fingerprint density at radius 2 is 1.64 bits per heavy atom. The minimum absolute atomic E-state index is 0.0273. The Morgan fingerprint density at radius 1 is 0.974 bits per heavy atom. The summed E-state index contributed by atoms with van der Waals surface area (Å²) >= 11 is 0. The first-order valence-corrected chi connectivity index (χ1v) is 13.0. The van der Waals surface area contributed by atoms with E-state index in [1.807, 2.05) is 60.7 Å². The van der Waals surface area contributed by atoms with Crippen molar-refractivity contribution >= 4 is 23.9 Å². The van der Waals surface area contributed by atoms with Crippen LogP contribution in [0.1, 0.15) is 65.1 Å². The summed E-state index contributed by atoms with van der Waals surface area (Å²) in [4.78, 5) is 25.7. The van der Waals surface area contributed by atoms with Crippen LogP contribution >= 0.6 is 0 Å². The zero-order valence-corrected chi connectivity index (χ0v) is 21.3. The zero-order chi connectivity index (χ0) is 27.4. The monoisotopic (exact) mass is 526 g/mol. The molecule has 0 aromatic heterocycles. The number of carbonyl (C=O) groups is 2. The summed E-state index contributed by atoms with van der Waals surface area (Å²) in [5, 5.41) is 33.6. The molecule has 0 amide bonds. The van der Waals surface area contributed by atoms with E-state index in [9.17, 15) is 24.9 Å². The second-order valence-electron chi connectivity index (χ2n) is 9.97. The van der Waals surface area contributed by atoms with Gasteiger partial charge in [0.2, 0.25) is 0 Å². The van der Waals surface area contributed by atoms with E-state index in [0.717, 1.165) is 11.1 Å². The van der Waals surface area contributed by atoms with Gasteiger partial charge >= 0.3 is 5.97 Å². The van der Waals surface area contributed by atoms with Gasteiger partial charge in [-0.3, -0.25) is 9.59 Å². The van der Waals surface area contributed by atoms with Gasteiger partial charge in [-0.2, -0.15) is 0 Å². The summed E-state index contributed by atoms with van der Waals surface area (Å²) in [5.74, 6) is -4.31. The van der Waals surface area contributed by atoms with Crippen LogP contribution in [-0.4, -0.2) is 39.0 Å². The number of ketones is 1. The van der Waals surface area contributed by atoms with Gasteiger partial charge in [-0.1, -0.05) is 72.8 Å². The van der Waals surface area contributed by atoms with Gasteiger partial charge in [0.15, 0.2) is 11.6 Å². The van der Waals surface area contributed by atoms with Crippen LogP contribution in [0.25, 0.3) is 12.2 Å². The minimum Gasteiger partial charge on any atom is -0.507 e. The normalized spacial score (nSPS) is 23.4. The van der Waals surface area contributed by atoms with E-state index < -0.39 is 41.1 Å². The van der Waals surface area contributed by atoms with E-state index in [1.54, 1.807) is 18.2 Å². The third-order valence-electron chi connectivity index (χ3n) is 7.09. The smallest absolute Gasteiger partial charge is 0.311 e. The highest BCUT2D eigenvalue weighted by molar-refractivity contribution is 6.11. The topological polar surface area (TPSA) is 113 Å². The van der Waals surface area contributed by atoms with Crippen molar-refractivity contribution in [1.29, 1.82) is 0 Å². The molecule has 2 bridgehead atoms. The molecular weight excluding hydrogens is 496 g/mol.